The van der Waals surface area contributed by atoms with Crippen molar-refractivity contribution in [3.8, 4) is 23.1 Å². The topological polar surface area (TPSA) is 81.2 Å². The molecule has 1 amide bonds. The minimum absolute atomic E-state index is 0.0100. The van der Waals surface area contributed by atoms with Crippen LogP contribution in [0.5, 0.6) is 0 Å². The van der Waals surface area contributed by atoms with E-state index >= 15 is 0 Å². The van der Waals surface area contributed by atoms with Gasteiger partial charge in [0.1, 0.15) is 0 Å². The lowest BCUT2D eigenvalue weighted by molar-refractivity contribution is -0.119. The van der Waals surface area contributed by atoms with Crippen LogP contribution in [0.2, 0.25) is 0 Å². The van der Waals surface area contributed by atoms with Crippen LogP contribution in [0.4, 0.5) is 5.69 Å². The second-order valence-corrected chi connectivity index (χ2v) is 5.65. The largest absolute Gasteiger partial charge is 0.459 e. The summed E-state index contributed by atoms with van der Waals surface area (Å²) in [6, 6.07) is 10.9. The average Bonchev–Trinajstić information content (AvgIpc) is 3.26. The van der Waals surface area contributed by atoms with Crippen LogP contribution < -0.4 is 5.32 Å². The molecular weight excluding hydrogens is 306 g/mol. The van der Waals surface area contributed by atoms with E-state index in [-0.39, 0.29) is 11.8 Å². The third-order valence-corrected chi connectivity index (χ3v) is 3.70. The quantitative estimate of drug-likeness (QED) is 0.727. The second kappa shape index (κ2) is 7.12. The third kappa shape index (κ3) is 3.53. The van der Waals surface area contributed by atoms with Gasteiger partial charge in [0.2, 0.25) is 11.8 Å². The van der Waals surface area contributed by atoms with E-state index in [1.165, 1.54) is 0 Å². The molecule has 24 heavy (non-hydrogen) atoms. The SMILES string of the molecule is CCC[C@H](C)C(=O)Nc1cccc(-c2nnc(-c3ccco3)o2)c1. The van der Waals surface area contributed by atoms with Gasteiger partial charge in [-0.2, -0.15) is 0 Å². The van der Waals surface area contributed by atoms with Crippen molar-refractivity contribution in [3.63, 3.8) is 0 Å². The van der Waals surface area contributed by atoms with Crippen molar-refractivity contribution in [1.82, 2.24) is 10.2 Å². The summed E-state index contributed by atoms with van der Waals surface area (Å²) in [6.07, 6.45) is 3.39. The lowest BCUT2D eigenvalue weighted by Crippen LogP contribution is -2.20. The molecule has 1 N–H and O–H groups in total. The van der Waals surface area contributed by atoms with Crippen LogP contribution in [0.3, 0.4) is 0 Å². The first-order valence-electron chi connectivity index (χ1n) is 7.96. The highest BCUT2D eigenvalue weighted by Gasteiger charge is 2.15. The highest BCUT2D eigenvalue weighted by atomic mass is 16.4. The zero-order chi connectivity index (χ0) is 16.9. The van der Waals surface area contributed by atoms with E-state index in [2.05, 4.69) is 22.4 Å². The van der Waals surface area contributed by atoms with E-state index in [0.29, 0.717) is 23.2 Å². The normalized spacial score (nSPS) is 12.1. The fourth-order valence-corrected chi connectivity index (χ4v) is 2.40. The summed E-state index contributed by atoms with van der Waals surface area (Å²) in [5.74, 6) is 1.20. The molecule has 3 aromatic rings. The molecule has 0 saturated heterocycles. The van der Waals surface area contributed by atoms with E-state index in [9.17, 15) is 4.79 Å². The van der Waals surface area contributed by atoms with Crippen LogP contribution in [-0.4, -0.2) is 16.1 Å². The lowest BCUT2D eigenvalue weighted by Gasteiger charge is -2.11. The number of hydrogen-bond acceptors (Lipinski definition) is 5. The molecule has 0 spiro atoms. The standard InChI is InChI=1S/C18H19N3O3/c1-3-6-12(2)16(22)19-14-8-4-7-13(11-14)17-20-21-18(24-17)15-9-5-10-23-15/h4-5,7-12H,3,6H2,1-2H3,(H,19,22)/t12-/m0/s1. The summed E-state index contributed by atoms with van der Waals surface area (Å²) in [5, 5.41) is 10.9. The fourth-order valence-electron chi connectivity index (χ4n) is 2.40. The Labute approximate surface area is 139 Å². The van der Waals surface area contributed by atoms with Gasteiger partial charge in [0.05, 0.1) is 6.26 Å². The van der Waals surface area contributed by atoms with Gasteiger partial charge in [-0.15, -0.1) is 10.2 Å². The number of furan rings is 1. The summed E-state index contributed by atoms with van der Waals surface area (Å²) in [5.41, 5.74) is 1.44. The maximum absolute atomic E-state index is 12.1. The average molecular weight is 325 g/mol. The Morgan fingerprint density at radius 2 is 2.04 bits per heavy atom. The molecule has 2 aromatic heterocycles. The molecule has 6 nitrogen and oxygen atoms in total. The van der Waals surface area contributed by atoms with Gasteiger partial charge in [0, 0.05) is 17.2 Å². The van der Waals surface area contributed by atoms with Gasteiger partial charge >= 0.3 is 0 Å². The van der Waals surface area contributed by atoms with Crippen molar-refractivity contribution in [2.24, 2.45) is 5.92 Å². The molecular formula is C18H19N3O3. The molecule has 0 radical (unpaired) electrons. The number of rotatable bonds is 6. The number of aromatic nitrogens is 2. The molecule has 6 heteroatoms. The number of carbonyl (C=O) groups is 1. The fraction of sp³-hybridized carbons (Fsp3) is 0.278. The Morgan fingerprint density at radius 1 is 1.21 bits per heavy atom. The Bertz CT molecular complexity index is 809. The molecule has 0 unspecified atom stereocenters. The molecule has 0 aliphatic carbocycles. The highest BCUT2D eigenvalue weighted by molar-refractivity contribution is 5.92. The van der Waals surface area contributed by atoms with Crippen LogP contribution in [0.25, 0.3) is 23.1 Å². The maximum Gasteiger partial charge on any atom is 0.283 e. The van der Waals surface area contributed by atoms with E-state index in [4.69, 9.17) is 8.83 Å². The molecule has 0 saturated carbocycles. The summed E-state index contributed by atoms with van der Waals surface area (Å²) in [6.45, 7) is 3.99. The van der Waals surface area contributed by atoms with E-state index in [0.717, 1.165) is 18.4 Å². The number of nitrogens with zero attached hydrogens (tertiary/aromatic N) is 2. The van der Waals surface area contributed by atoms with E-state index in [1.54, 1.807) is 18.4 Å². The minimum Gasteiger partial charge on any atom is -0.459 e. The van der Waals surface area contributed by atoms with Gasteiger partial charge in [-0.3, -0.25) is 4.79 Å². The van der Waals surface area contributed by atoms with Crippen LogP contribution in [0.15, 0.2) is 51.5 Å². The number of carbonyl (C=O) groups excluding carboxylic acids is 1. The molecule has 0 aliphatic rings. The minimum atomic E-state index is -0.0207. The summed E-state index contributed by atoms with van der Waals surface area (Å²) >= 11 is 0. The van der Waals surface area contributed by atoms with Crippen molar-refractivity contribution in [3.05, 3.63) is 42.7 Å². The van der Waals surface area contributed by atoms with Gasteiger partial charge < -0.3 is 14.2 Å². The first kappa shape index (κ1) is 16.0. The van der Waals surface area contributed by atoms with Gasteiger partial charge in [0.15, 0.2) is 5.76 Å². The molecule has 0 aliphatic heterocycles. The highest BCUT2D eigenvalue weighted by Crippen LogP contribution is 2.26. The Kier molecular flexibility index (Phi) is 4.74. The molecule has 3 rings (SSSR count). The van der Waals surface area contributed by atoms with Crippen molar-refractivity contribution >= 4 is 11.6 Å². The van der Waals surface area contributed by atoms with Crippen molar-refractivity contribution < 1.29 is 13.6 Å². The lowest BCUT2D eigenvalue weighted by atomic mass is 10.1. The Hall–Kier alpha value is -2.89. The van der Waals surface area contributed by atoms with Crippen molar-refractivity contribution in [1.29, 1.82) is 0 Å². The maximum atomic E-state index is 12.1. The van der Waals surface area contributed by atoms with Gasteiger partial charge in [-0.1, -0.05) is 26.3 Å². The van der Waals surface area contributed by atoms with Crippen LogP contribution >= 0.6 is 0 Å². The molecule has 2 heterocycles. The summed E-state index contributed by atoms with van der Waals surface area (Å²) in [7, 11) is 0. The molecule has 0 fully saturated rings. The van der Waals surface area contributed by atoms with Gasteiger partial charge in [-0.05, 0) is 36.8 Å². The summed E-state index contributed by atoms with van der Waals surface area (Å²) in [4.78, 5) is 12.1. The number of anilines is 1. The Balaban J connectivity index is 1.77. The van der Waals surface area contributed by atoms with Gasteiger partial charge in [-0.25, -0.2) is 0 Å². The smallest absolute Gasteiger partial charge is 0.283 e. The van der Waals surface area contributed by atoms with E-state index < -0.39 is 0 Å². The van der Waals surface area contributed by atoms with Crippen LogP contribution in [-0.2, 0) is 4.79 Å². The summed E-state index contributed by atoms with van der Waals surface area (Å²) < 4.78 is 10.9. The van der Waals surface area contributed by atoms with Crippen LogP contribution in [0, 0.1) is 5.92 Å². The number of nitrogens with one attached hydrogen (secondary N) is 1. The molecule has 1 atom stereocenters. The van der Waals surface area contributed by atoms with E-state index in [1.807, 2.05) is 31.2 Å². The zero-order valence-electron chi connectivity index (χ0n) is 13.7. The van der Waals surface area contributed by atoms with Crippen molar-refractivity contribution in [2.45, 2.75) is 26.7 Å². The number of hydrogen-bond donors (Lipinski definition) is 1. The predicted octanol–water partition coefficient (Wildman–Crippen LogP) is 4.37. The second-order valence-electron chi connectivity index (χ2n) is 5.65. The predicted molar refractivity (Wildman–Crippen MR) is 90.1 cm³/mol. The molecule has 0 bridgehead atoms. The molecule has 124 valence electrons. The monoisotopic (exact) mass is 325 g/mol. The molecule has 1 aromatic carbocycles. The first-order chi connectivity index (χ1) is 11.7. The van der Waals surface area contributed by atoms with Crippen LogP contribution in [0.1, 0.15) is 26.7 Å². The third-order valence-electron chi connectivity index (χ3n) is 3.70. The van der Waals surface area contributed by atoms with Crippen molar-refractivity contribution in [2.75, 3.05) is 5.32 Å². The zero-order valence-corrected chi connectivity index (χ0v) is 13.7. The number of benzene rings is 1. The Morgan fingerprint density at radius 3 is 2.79 bits per heavy atom. The number of amides is 1. The first-order valence-corrected chi connectivity index (χ1v) is 7.96. The van der Waals surface area contributed by atoms with Gasteiger partial charge in [0.25, 0.3) is 5.89 Å².